The first-order valence-corrected chi connectivity index (χ1v) is 14.1. The Morgan fingerprint density at radius 1 is 0.686 bits per heavy atom. The fourth-order valence-corrected chi connectivity index (χ4v) is 3.88. The smallest absolute Gasteiger partial charge is 0.466 e. The Bertz CT molecular complexity index is 486. The highest BCUT2D eigenvalue weighted by Gasteiger charge is 2.15. The van der Waals surface area contributed by atoms with Crippen molar-refractivity contribution >= 4 is 12.1 Å². The Labute approximate surface area is 215 Å². The lowest BCUT2D eigenvalue weighted by molar-refractivity contribution is -0.143. The van der Waals surface area contributed by atoms with E-state index in [2.05, 4.69) is 11.8 Å². The number of ether oxygens (including phenoxy) is 4. The van der Waals surface area contributed by atoms with E-state index in [9.17, 15) is 9.59 Å². The summed E-state index contributed by atoms with van der Waals surface area (Å²) in [5.74, 6) is -0.0353. The first kappa shape index (κ1) is 33.7. The zero-order valence-electron chi connectivity index (χ0n) is 23.3. The molecule has 0 amide bonds. The lowest BCUT2D eigenvalue weighted by atomic mass is 10.0. The van der Waals surface area contributed by atoms with Crippen molar-refractivity contribution < 1.29 is 28.5 Å². The fourth-order valence-electron chi connectivity index (χ4n) is 3.88. The van der Waals surface area contributed by atoms with Crippen molar-refractivity contribution in [3.05, 3.63) is 0 Å². The molecule has 0 saturated carbocycles. The van der Waals surface area contributed by atoms with E-state index in [-0.39, 0.29) is 12.1 Å². The molecule has 0 aliphatic carbocycles. The largest absolute Gasteiger partial charge is 0.508 e. The van der Waals surface area contributed by atoms with Crippen LogP contribution in [-0.4, -0.2) is 70.7 Å². The molecule has 0 fully saturated rings. The van der Waals surface area contributed by atoms with E-state index in [0.717, 1.165) is 57.9 Å². The molecule has 208 valence electrons. The number of carbonyl (C=O) groups is 2. The summed E-state index contributed by atoms with van der Waals surface area (Å²) in [6.07, 6.45) is 17.1. The first-order valence-electron chi connectivity index (χ1n) is 14.1. The summed E-state index contributed by atoms with van der Waals surface area (Å²) < 4.78 is 21.2. The van der Waals surface area contributed by atoms with Crippen molar-refractivity contribution in [2.75, 3.05) is 47.6 Å². The van der Waals surface area contributed by atoms with Crippen LogP contribution in [0, 0.1) is 0 Å². The van der Waals surface area contributed by atoms with Gasteiger partial charge in [0, 0.05) is 33.1 Å². The summed E-state index contributed by atoms with van der Waals surface area (Å²) in [4.78, 5) is 25.7. The fraction of sp³-hybridized carbons (Fsp3) is 0.929. The minimum Gasteiger partial charge on any atom is -0.466 e. The Morgan fingerprint density at radius 3 is 1.94 bits per heavy atom. The van der Waals surface area contributed by atoms with Gasteiger partial charge in [0.05, 0.1) is 13.2 Å². The van der Waals surface area contributed by atoms with E-state index in [1.165, 1.54) is 44.9 Å². The highest BCUT2D eigenvalue weighted by Crippen LogP contribution is 2.15. The quantitative estimate of drug-likeness (QED) is 0.0993. The van der Waals surface area contributed by atoms with E-state index in [4.69, 9.17) is 18.9 Å². The van der Waals surface area contributed by atoms with Crippen molar-refractivity contribution in [3.63, 3.8) is 0 Å². The van der Waals surface area contributed by atoms with Crippen molar-refractivity contribution in [1.29, 1.82) is 0 Å². The monoisotopic (exact) mass is 501 g/mol. The number of carbonyl (C=O) groups excluding carboxylic acids is 2. The topological polar surface area (TPSA) is 74.3 Å². The number of hydrogen-bond acceptors (Lipinski definition) is 7. The molecule has 0 radical (unpaired) electrons. The molecule has 0 aromatic carbocycles. The molecule has 0 rings (SSSR count). The number of rotatable bonds is 25. The predicted molar refractivity (Wildman–Crippen MR) is 142 cm³/mol. The minimum absolute atomic E-state index is 0.0353. The van der Waals surface area contributed by atoms with Gasteiger partial charge in [0.15, 0.2) is 0 Å². The highest BCUT2D eigenvalue weighted by atomic mass is 16.7. The summed E-state index contributed by atoms with van der Waals surface area (Å²) in [7, 11) is 5.65. The maximum Gasteiger partial charge on any atom is 0.508 e. The standard InChI is InChI=1S/C28H55NO6/c1-5-6-7-12-16-20-27(30)33-23-17-14-11-9-8-10-13-15-19-26(21-25-32-4)35-28(31)34-24-18-22-29(2)3/h26H,5-25H2,1-4H3. The zero-order valence-corrected chi connectivity index (χ0v) is 23.3. The summed E-state index contributed by atoms with van der Waals surface area (Å²) in [6.45, 7) is 4.60. The van der Waals surface area contributed by atoms with Crippen molar-refractivity contribution in [3.8, 4) is 0 Å². The molecule has 7 nitrogen and oxygen atoms in total. The van der Waals surface area contributed by atoms with Gasteiger partial charge < -0.3 is 23.8 Å². The number of unbranched alkanes of at least 4 members (excludes halogenated alkanes) is 11. The van der Waals surface area contributed by atoms with E-state index in [1.807, 2.05) is 14.1 Å². The van der Waals surface area contributed by atoms with Gasteiger partial charge in [-0.15, -0.1) is 0 Å². The minimum atomic E-state index is -0.567. The van der Waals surface area contributed by atoms with Crippen LogP contribution in [0.5, 0.6) is 0 Å². The average Bonchev–Trinajstić information content (AvgIpc) is 2.83. The van der Waals surface area contributed by atoms with E-state index in [1.54, 1.807) is 7.11 Å². The molecule has 0 spiro atoms. The molecule has 0 aliphatic heterocycles. The summed E-state index contributed by atoms with van der Waals surface area (Å²) >= 11 is 0. The molecular weight excluding hydrogens is 446 g/mol. The number of hydrogen-bond donors (Lipinski definition) is 0. The molecule has 0 aromatic heterocycles. The van der Waals surface area contributed by atoms with Crippen LogP contribution in [-0.2, 0) is 23.7 Å². The van der Waals surface area contributed by atoms with Crippen molar-refractivity contribution in [2.24, 2.45) is 0 Å². The van der Waals surface area contributed by atoms with E-state index >= 15 is 0 Å². The molecule has 0 bridgehead atoms. The van der Waals surface area contributed by atoms with Gasteiger partial charge in [-0.2, -0.15) is 0 Å². The van der Waals surface area contributed by atoms with Gasteiger partial charge in [-0.05, 0) is 46.2 Å². The maximum atomic E-state index is 11.9. The highest BCUT2D eigenvalue weighted by molar-refractivity contribution is 5.69. The van der Waals surface area contributed by atoms with Crippen LogP contribution in [0.15, 0.2) is 0 Å². The van der Waals surface area contributed by atoms with Gasteiger partial charge in [-0.25, -0.2) is 4.79 Å². The third kappa shape index (κ3) is 25.6. The number of esters is 1. The molecule has 1 unspecified atom stereocenters. The van der Waals surface area contributed by atoms with Crippen LogP contribution in [0.2, 0.25) is 0 Å². The Kier molecular flexibility index (Phi) is 24.8. The lowest BCUT2D eigenvalue weighted by Crippen LogP contribution is -2.22. The second-order valence-electron chi connectivity index (χ2n) is 9.78. The van der Waals surface area contributed by atoms with Crippen LogP contribution < -0.4 is 0 Å². The zero-order chi connectivity index (χ0) is 26.0. The summed E-state index contributed by atoms with van der Waals surface area (Å²) in [6, 6.07) is 0. The Balaban J connectivity index is 3.64. The molecule has 0 heterocycles. The molecule has 0 aromatic rings. The molecular formula is C28H55NO6. The van der Waals surface area contributed by atoms with Crippen LogP contribution in [0.25, 0.3) is 0 Å². The second-order valence-corrected chi connectivity index (χ2v) is 9.78. The van der Waals surface area contributed by atoms with Gasteiger partial charge in [0.25, 0.3) is 0 Å². The molecule has 7 heteroatoms. The molecule has 0 saturated heterocycles. The molecule has 0 N–H and O–H groups in total. The van der Waals surface area contributed by atoms with Gasteiger partial charge in [0.2, 0.25) is 0 Å². The normalized spacial score (nSPS) is 12.0. The molecule has 35 heavy (non-hydrogen) atoms. The van der Waals surface area contributed by atoms with Gasteiger partial charge >= 0.3 is 12.1 Å². The van der Waals surface area contributed by atoms with E-state index < -0.39 is 6.16 Å². The molecule has 0 aliphatic rings. The van der Waals surface area contributed by atoms with Crippen molar-refractivity contribution in [1.82, 2.24) is 4.90 Å². The number of nitrogens with zero attached hydrogens (tertiary/aromatic N) is 1. The Morgan fingerprint density at radius 2 is 1.29 bits per heavy atom. The van der Waals surface area contributed by atoms with Crippen LogP contribution in [0.3, 0.4) is 0 Å². The summed E-state index contributed by atoms with van der Waals surface area (Å²) in [5.41, 5.74) is 0. The van der Waals surface area contributed by atoms with Gasteiger partial charge in [0.1, 0.15) is 6.10 Å². The van der Waals surface area contributed by atoms with Crippen LogP contribution in [0.4, 0.5) is 4.79 Å². The van der Waals surface area contributed by atoms with Gasteiger partial charge in [-0.3, -0.25) is 4.79 Å². The molecule has 1 atom stereocenters. The van der Waals surface area contributed by atoms with Crippen LogP contribution in [0.1, 0.15) is 116 Å². The first-order chi connectivity index (χ1) is 17.0. The van der Waals surface area contributed by atoms with Crippen molar-refractivity contribution in [2.45, 2.75) is 122 Å². The number of methoxy groups -OCH3 is 1. The van der Waals surface area contributed by atoms with E-state index in [0.29, 0.717) is 32.7 Å². The second kappa shape index (κ2) is 25.7. The van der Waals surface area contributed by atoms with Gasteiger partial charge in [-0.1, -0.05) is 71.1 Å². The third-order valence-electron chi connectivity index (χ3n) is 6.04. The summed E-state index contributed by atoms with van der Waals surface area (Å²) in [5, 5.41) is 0. The Hall–Kier alpha value is -1.34. The third-order valence-corrected chi connectivity index (χ3v) is 6.04. The van der Waals surface area contributed by atoms with Crippen LogP contribution >= 0.6 is 0 Å². The SMILES string of the molecule is CCCCCCCC(=O)OCCCCCCCCCCC(CCOC)OC(=O)OCCCN(C)C. The predicted octanol–water partition coefficient (Wildman–Crippen LogP) is 6.91. The average molecular weight is 502 g/mol. The lowest BCUT2D eigenvalue weighted by Gasteiger charge is -2.17. The maximum absolute atomic E-state index is 11.9.